The summed E-state index contributed by atoms with van der Waals surface area (Å²) in [6.45, 7) is 2.43. The number of ether oxygens (including phenoxy) is 1. The van der Waals surface area contributed by atoms with E-state index in [0.717, 1.165) is 11.3 Å². The molecule has 28 heavy (non-hydrogen) atoms. The Balaban J connectivity index is 1.66. The minimum atomic E-state index is -0.547. The van der Waals surface area contributed by atoms with E-state index in [2.05, 4.69) is 10.4 Å². The topological polar surface area (TPSA) is 76.5 Å². The van der Waals surface area contributed by atoms with Crippen molar-refractivity contribution >= 4 is 17.7 Å². The first-order valence-corrected chi connectivity index (χ1v) is 8.95. The highest BCUT2D eigenvalue weighted by Gasteiger charge is 2.14. The largest absolute Gasteiger partial charge is 0.450 e. The highest BCUT2D eigenvalue weighted by atomic mass is 16.5. The van der Waals surface area contributed by atoms with Gasteiger partial charge in [-0.3, -0.25) is 10.1 Å². The molecule has 0 aliphatic heterocycles. The number of carbonyl (C=O) groups excluding carboxylic acids is 2. The van der Waals surface area contributed by atoms with Crippen molar-refractivity contribution < 1.29 is 14.3 Å². The standard InChI is InChI=1S/C21H22N4O3/c1-3-28-21(27)23-18-9-7-8-17(12-18)20(26)24(2)14-16-13-22-25(15-16)19-10-5-4-6-11-19/h4-13,15H,3,14H2,1-2H3,(H,23,27). The van der Waals surface area contributed by atoms with Crippen molar-refractivity contribution in [2.45, 2.75) is 13.5 Å². The molecule has 144 valence electrons. The predicted molar refractivity (Wildman–Crippen MR) is 106 cm³/mol. The van der Waals surface area contributed by atoms with Gasteiger partial charge in [-0.05, 0) is 37.3 Å². The fourth-order valence-corrected chi connectivity index (χ4v) is 2.74. The van der Waals surface area contributed by atoms with Crippen molar-refractivity contribution in [3.8, 4) is 5.69 Å². The molecule has 1 aromatic heterocycles. The van der Waals surface area contributed by atoms with Gasteiger partial charge in [0.05, 0.1) is 18.5 Å². The van der Waals surface area contributed by atoms with Crippen LogP contribution in [0, 0.1) is 0 Å². The fraction of sp³-hybridized carbons (Fsp3) is 0.190. The number of para-hydroxylation sites is 1. The molecule has 7 heteroatoms. The summed E-state index contributed by atoms with van der Waals surface area (Å²) in [5.74, 6) is -0.153. The van der Waals surface area contributed by atoms with E-state index in [1.807, 2.05) is 36.5 Å². The molecule has 2 amide bonds. The molecular formula is C21H22N4O3. The van der Waals surface area contributed by atoms with E-state index in [1.165, 1.54) is 0 Å². The molecule has 1 heterocycles. The van der Waals surface area contributed by atoms with E-state index in [9.17, 15) is 9.59 Å². The van der Waals surface area contributed by atoms with Crippen LogP contribution in [-0.4, -0.2) is 40.3 Å². The molecule has 7 nitrogen and oxygen atoms in total. The summed E-state index contributed by atoms with van der Waals surface area (Å²) in [4.78, 5) is 25.9. The third-order valence-corrected chi connectivity index (χ3v) is 4.05. The predicted octanol–water partition coefficient (Wildman–Crippen LogP) is 3.71. The number of amides is 2. The van der Waals surface area contributed by atoms with Gasteiger partial charge >= 0.3 is 6.09 Å². The van der Waals surface area contributed by atoms with Crippen molar-refractivity contribution in [2.24, 2.45) is 0 Å². The molecular weight excluding hydrogens is 356 g/mol. The Morgan fingerprint density at radius 2 is 1.93 bits per heavy atom. The van der Waals surface area contributed by atoms with Crippen LogP contribution in [0.2, 0.25) is 0 Å². The number of aromatic nitrogens is 2. The second-order valence-corrected chi connectivity index (χ2v) is 6.22. The first kappa shape index (κ1) is 19.2. The molecule has 0 unspecified atom stereocenters. The summed E-state index contributed by atoms with van der Waals surface area (Å²) in [6, 6.07) is 16.5. The van der Waals surface area contributed by atoms with E-state index in [0.29, 0.717) is 17.8 Å². The van der Waals surface area contributed by atoms with Gasteiger partial charge in [0.2, 0.25) is 0 Å². The summed E-state index contributed by atoms with van der Waals surface area (Å²) in [5, 5.41) is 6.96. The van der Waals surface area contributed by atoms with Crippen LogP contribution in [0.3, 0.4) is 0 Å². The van der Waals surface area contributed by atoms with Crippen molar-refractivity contribution in [3.63, 3.8) is 0 Å². The Labute approximate surface area is 163 Å². The molecule has 0 fully saturated rings. The molecule has 0 aliphatic rings. The maximum atomic E-state index is 12.7. The van der Waals surface area contributed by atoms with Gasteiger partial charge < -0.3 is 9.64 Å². The second-order valence-electron chi connectivity index (χ2n) is 6.22. The van der Waals surface area contributed by atoms with Gasteiger partial charge in [0.1, 0.15) is 0 Å². The number of rotatable bonds is 6. The Kier molecular flexibility index (Phi) is 6.06. The van der Waals surface area contributed by atoms with Crippen molar-refractivity contribution in [1.82, 2.24) is 14.7 Å². The number of hydrogen-bond acceptors (Lipinski definition) is 4. The number of nitrogens with one attached hydrogen (secondary N) is 1. The minimum absolute atomic E-state index is 0.153. The highest BCUT2D eigenvalue weighted by molar-refractivity contribution is 5.96. The van der Waals surface area contributed by atoms with Crippen LogP contribution >= 0.6 is 0 Å². The van der Waals surface area contributed by atoms with Crippen LogP contribution in [0.15, 0.2) is 67.0 Å². The Morgan fingerprint density at radius 1 is 1.14 bits per heavy atom. The maximum absolute atomic E-state index is 12.7. The molecule has 0 spiro atoms. The minimum Gasteiger partial charge on any atom is -0.450 e. The lowest BCUT2D eigenvalue weighted by Crippen LogP contribution is -2.26. The van der Waals surface area contributed by atoms with Crippen molar-refractivity contribution in [3.05, 3.63) is 78.1 Å². The first-order chi connectivity index (χ1) is 13.6. The lowest BCUT2D eigenvalue weighted by atomic mass is 10.1. The number of hydrogen-bond donors (Lipinski definition) is 1. The Hall–Kier alpha value is -3.61. The molecule has 1 N–H and O–H groups in total. The van der Waals surface area contributed by atoms with E-state index in [1.54, 1.807) is 54.0 Å². The molecule has 0 saturated heterocycles. The monoisotopic (exact) mass is 378 g/mol. The van der Waals surface area contributed by atoms with Crippen LogP contribution in [0.1, 0.15) is 22.8 Å². The van der Waals surface area contributed by atoms with Gasteiger partial charge in [-0.1, -0.05) is 24.3 Å². The molecule has 0 atom stereocenters. The third-order valence-electron chi connectivity index (χ3n) is 4.05. The average molecular weight is 378 g/mol. The lowest BCUT2D eigenvalue weighted by Gasteiger charge is -2.17. The SMILES string of the molecule is CCOC(=O)Nc1cccc(C(=O)N(C)Cc2cnn(-c3ccccc3)c2)c1. The lowest BCUT2D eigenvalue weighted by molar-refractivity contribution is 0.0785. The van der Waals surface area contributed by atoms with E-state index in [4.69, 9.17) is 4.74 Å². The molecule has 3 aromatic rings. The van der Waals surface area contributed by atoms with E-state index < -0.39 is 6.09 Å². The summed E-state index contributed by atoms with van der Waals surface area (Å²) in [7, 11) is 1.73. The zero-order valence-corrected chi connectivity index (χ0v) is 15.8. The van der Waals surface area contributed by atoms with E-state index in [-0.39, 0.29) is 12.5 Å². The average Bonchev–Trinajstić information content (AvgIpc) is 3.17. The first-order valence-electron chi connectivity index (χ1n) is 8.95. The second kappa shape index (κ2) is 8.85. The smallest absolute Gasteiger partial charge is 0.411 e. The van der Waals surface area contributed by atoms with Crippen molar-refractivity contribution in [1.29, 1.82) is 0 Å². The number of nitrogens with zero attached hydrogens (tertiary/aromatic N) is 3. The normalized spacial score (nSPS) is 10.4. The molecule has 0 saturated carbocycles. The fourth-order valence-electron chi connectivity index (χ4n) is 2.74. The zero-order chi connectivity index (χ0) is 19.9. The summed E-state index contributed by atoms with van der Waals surface area (Å²) < 4.78 is 6.63. The molecule has 2 aromatic carbocycles. The van der Waals surface area contributed by atoms with Gasteiger partial charge in [0.25, 0.3) is 5.91 Å². The number of anilines is 1. The number of carbonyl (C=O) groups is 2. The van der Waals surface area contributed by atoms with Crippen molar-refractivity contribution in [2.75, 3.05) is 19.0 Å². The zero-order valence-electron chi connectivity index (χ0n) is 15.8. The van der Waals surface area contributed by atoms with Crippen LogP contribution in [0.4, 0.5) is 10.5 Å². The van der Waals surface area contributed by atoms with Gasteiger partial charge in [0.15, 0.2) is 0 Å². The van der Waals surface area contributed by atoms with Crippen LogP contribution in [-0.2, 0) is 11.3 Å². The van der Waals surface area contributed by atoms with Crippen LogP contribution < -0.4 is 5.32 Å². The van der Waals surface area contributed by atoms with Gasteiger partial charge in [-0.25, -0.2) is 9.48 Å². The van der Waals surface area contributed by atoms with Gasteiger partial charge in [-0.2, -0.15) is 5.10 Å². The molecule has 0 aliphatic carbocycles. The van der Waals surface area contributed by atoms with Gasteiger partial charge in [-0.15, -0.1) is 0 Å². The maximum Gasteiger partial charge on any atom is 0.411 e. The Bertz CT molecular complexity index is 953. The van der Waals surface area contributed by atoms with Crippen LogP contribution in [0.25, 0.3) is 5.69 Å². The van der Waals surface area contributed by atoms with Gasteiger partial charge in [0, 0.05) is 36.6 Å². The quantitative estimate of drug-likeness (QED) is 0.709. The Morgan fingerprint density at radius 3 is 2.68 bits per heavy atom. The summed E-state index contributed by atoms with van der Waals surface area (Å²) in [6.07, 6.45) is 3.10. The summed E-state index contributed by atoms with van der Waals surface area (Å²) >= 11 is 0. The summed E-state index contributed by atoms with van der Waals surface area (Å²) in [5.41, 5.74) is 2.86. The number of benzene rings is 2. The highest BCUT2D eigenvalue weighted by Crippen LogP contribution is 2.15. The molecule has 0 bridgehead atoms. The third kappa shape index (κ3) is 4.76. The molecule has 3 rings (SSSR count). The van der Waals surface area contributed by atoms with Crippen LogP contribution in [0.5, 0.6) is 0 Å². The van der Waals surface area contributed by atoms with E-state index >= 15 is 0 Å². The molecule has 0 radical (unpaired) electrons.